The van der Waals surface area contributed by atoms with Crippen LogP contribution in [0.25, 0.3) is 10.9 Å². The number of hydrogen-bond donors (Lipinski definition) is 1. The largest absolute Gasteiger partial charge is 0.389 e. The van der Waals surface area contributed by atoms with Gasteiger partial charge < -0.3 is 10.0 Å². The van der Waals surface area contributed by atoms with E-state index in [1.165, 1.54) is 0 Å². The van der Waals surface area contributed by atoms with Crippen molar-refractivity contribution in [1.82, 2.24) is 4.98 Å². The molecule has 3 nitrogen and oxygen atoms in total. The van der Waals surface area contributed by atoms with Crippen LogP contribution in [0.2, 0.25) is 5.02 Å². The first kappa shape index (κ1) is 11.3. The molecule has 0 atom stereocenters. The standard InChI is InChI=1S/C12H10BrClN2O/c13-8-3-7-1-2-11(16-5-9(17)6-16)15-12(7)10(14)4-8/h1-4,9,17H,5-6H2. The molecule has 0 spiro atoms. The molecule has 1 aromatic carbocycles. The smallest absolute Gasteiger partial charge is 0.129 e. The quantitative estimate of drug-likeness (QED) is 0.879. The Kier molecular flexibility index (Phi) is 2.73. The van der Waals surface area contributed by atoms with Crippen LogP contribution in [-0.2, 0) is 0 Å². The van der Waals surface area contributed by atoms with Crippen LogP contribution in [0.15, 0.2) is 28.7 Å². The maximum Gasteiger partial charge on any atom is 0.129 e. The fourth-order valence-electron chi connectivity index (χ4n) is 1.97. The summed E-state index contributed by atoms with van der Waals surface area (Å²) in [5.41, 5.74) is 0.800. The monoisotopic (exact) mass is 312 g/mol. The third kappa shape index (κ3) is 2.01. The van der Waals surface area contributed by atoms with Gasteiger partial charge in [0.15, 0.2) is 0 Å². The normalized spacial score (nSPS) is 16.3. The van der Waals surface area contributed by atoms with Gasteiger partial charge in [-0.15, -0.1) is 0 Å². The van der Waals surface area contributed by atoms with Crippen LogP contribution >= 0.6 is 27.5 Å². The van der Waals surface area contributed by atoms with Crippen LogP contribution in [0, 0.1) is 0 Å². The topological polar surface area (TPSA) is 36.4 Å². The van der Waals surface area contributed by atoms with Crippen molar-refractivity contribution in [3.05, 3.63) is 33.8 Å². The Bertz CT molecular complexity index is 584. The minimum atomic E-state index is -0.229. The molecular formula is C12H10BrClN2O. The molecule has 17 heavy (non-hydrogen) atoms. The molecule has 1 aliphatic heterocycles. The molecule has 0 bridgehead atoms. The minimum absolute atomic E-state index is 0.229. The summed E-state index contributed by atoms with van der Waals surface area (Å²) >= 11 is 9.58. The van der Waals surface area contributed by atoms with Gasteiger partial charge in [-0.2, -0.15) is 0 Å². The Hall–Kier alpha value is -0.840. The van der Waals surface area contributed by atoms with E-state index in [0.717, 1.165) is 21.2 Å². The highest BCUT2D eigenvalue weighted by Crippen LogP contribution is 2.29. The fraction of sp³-hybridized carbons (Fsp3) is 0.250. The Labute approximate surface area is 112 Å². The van der Waals surface area contributed by atoms with Crippen LogP contribution in [0.4, 0.5) is 5.82 Å². The van der Waals surface area contributed by atoms with Gasteiger partial charge >= 0.3 is 0 Å². The van der Waals surface area contributed by atoms with Crippen LogP contribution in [0.5, 0.6) is 0 Å². The number of halogens is 2. The van der Waals surface area contributed by atoms with Gasteiger partial charge in [0.1, 0.15) is 5.82 Å². The first-order valence-electron chi connectivity index (χ1n) is 5.32. The average molecular weight is 314 g/mol. The van der Waals surface area contributed by atoms with E-state index in [-0.39, 0.29) is 6.10 Å². The van der Waals surface area contributed by atoms with Crippen molar-refractivity contribution >= 4 is 44.3 Å². The number of aliphatic hydroxyl groups is 1. The van der Waals surface area contributed by atoms with Crippen LogP contribution in [0.1, 0.15) is 0 Å². The van der Waals surface area contributed by atoms with Crippen LogP contribution in [-0.4, -0.2) is 29.3 Å². The first-order chi connectivity index (χ1) is 8.13. The van der Waals surface area contributed by atoms with E-state index in [9.17, 15) is 5.11 Å². The molecule has 1 N–H and O–H groups in total. The average Bonchev–Trinajstić information content (AvgIpc) is 2.24. The Morgan fingerprint density at radius 2 is 2.12 bits per heavy atom. The summed E-state index contributed by atoms with van der Waals surface area (Å²) in [6.07, 6.45) is -0.229. The lowest BCUT2D eigenvalue weighted by Crippen LogP contribution is -2.51. The van der Waals surface area contributed by atoms with Crippen molar-refractivity contribution in [1.29, 1.82) is 0 Å². The van der Waals surface area contributed by atoms with Crippen LogP contribution < -0.4 is 4.90 Å². The molecular weight excluding hydrogens is 304 g/mol. The second-order valence-corrected chi connectivity index (χ2v) is 5.51. The summed E-state index contributed by atoms with van der Waals surface area (Å²) < 4.78 is 0.948. The summed E-state index contributed by atoms with van der Waals surface area (Å²) in [5, 5.41) is 10.9. The van der Waals surface area contributed by atoms with Gasteiger partial charge in [0.2, 0.25) is 0 Å². The van der Waals surface area contributed by atoms with E-state index >= 15 is 0 Å². The number of nitrogens with zero attached hydrogens (tertiary/aromatic N) is 2. The summed E-state index contributed by atoms with van der Waals surface area (Å²) in [4.78, 5) is 6.56. The van der Waals surface area contributed by atoms with Crippen molar-refractivity contribution in [2.75, 3.05) is 18.0 Å². The van der Waals surface area contributed by atoms with Crippen molar-refractivity contribution in [2.24, 2.45) is 0 Å². The molecule has 0 radical (unpaired) electrons. The van der Waals surface area contributed by atoms with E-state index in [0.29, 0.717) is 18.1 Å². The second kappa shape index (κ2) is 4.12. The van der Waals surface area contributed by atoms with Gasteiger partial charge in [-0.1, -0.05) is 27.5 Å². The number of aromatic nitrogens is 1. The number of fused-ring (bicyclic) bond motifs is 1. The summed E-state index contributed by atoms with van der Waals surface area (Å²) in [5.74, 6) is 0.868. The zero-order valence-corrected chi connectivity index (χ0v) is 11.2. The zero-order valence-electron chi connectivity index (χ0n) is 8.90. The molecule has 5 heteroatoms. The maximum atomic E-state index is 9.28. The number of pyridine rings is 1. The van der Waals surface area contributed by atoms with E-state index in [2.05, 4.69) is 20.9 Å². The summed E-state index contributed by atoms with van der Waals surface area (Å²) in [6.45, 7) is 1.29. The van der Waals surface area contributed by atoms with E-state index in [4.69, 9.17) is 11.6 Å². The fourth-order valence-corrected chi connectivity index (χ4v) is 2.84. The number of anilines is 1. The molecule has 1 fully saturated rings. The number of benzene rings is 1. The first-order valence-corrected chi connectivity index (χ1v) is 6.49. The van der Waals surface area contributed by atoms with Gasteiger partial charge in [-0.3, -0.25) is 0 Å². The molecule has 0 aliphatic carbocycles. The predicted octanol–water partition coefficient (Wildman–Crippen LogP) is 2.83. The number of hydrogen-bond acceptors (Lipinski definition) is 3. The van der Waals surface area contributed by atoms with Gasteiger partial charge in [-0.05, 0) is 24.3 Å². The highest BCUT2D eigenvalue weighted by atomic mass is 79.9. The van der Waals surface area contributed by atoms with Crippen molar-refractivity contribution in [3.63, 3.8) is 0 Å². The van der Waals surface area contributed by atoms with Crippen molar-refractivity contribution in [2.45, 2.75) is 6.10 Å². The molecule has 2 aromatic rings. The van der Waals surface area contributed by atoms with E-state index < -0.39 is 0 Å². The molecule has 3 rings (SSSR count). The third-order valence-electron chi connectivity index (χ3n) is 2.88. The molecule has 2 heterocycles. The lowest BCUT2D eigenvalue weighted by atomic mass is 10.1. The van der Waals surface area contributed by atoms with Crippen molar-refractivity contribution in [3.8, 4) is 0 Å². The second-order valence-electron chi connectivity index (χ2n) is 4.19. The van der Waals surface area contributed by atoms with Gasteiger partial charge in [0.05, 0.1) is 16.6 Å². The molecule has 1 aliphatic rings. The van der Waals surface area contributed by atoms with E-state index in [1.807, 2.05) is 29.2 Å². The molecule has 88 valence electrons. The van der Waals surface area contributed by atoms with Gasteiger partial charge in [0.25, 0.3) is 0 Å². The highest BCUT2D eigenvalue weighted by Gasteiger charge is 2.25. The Morgan fingerprint density at radius 3 is 2.82 bits per heavy atom. The molecule has 0 unspecified atom stereocenters. The SMILES string of the molecule is OC1CN(c2ccc3cc(Br)cc(Cl)c3n2)C1. The maximum absolute atomic E-state index is 9.28. The van der Waals surface area contributed by atoms with Crippen LogP contribution in [0.3, 0.4) is 0 Å². The number of β-amino-alcohol motifs (C(OH)–C–C–N with tert-alkyl or cyclic N) is 1. The Balaban J connectivity index is 2.06. The lowest BCUT2D eigenvalue weighted by Gasteiger charge is -2.36. The number of rotatable bonds is 1. The summed E-state index contributed by atoms with van der Waals surface area (Å²) in [7, 11) is 0. The van der Waals surface area contributed by atoms with Gasteiger partial charge in [0, 0.05) is 22.9 Å². The Morgan fingerprint density at radius 1 is 1.35 bits per heavy atom. The minimum Gasteiger partial charge on any atom is -0.389 e. The lowest BCUT2D eigenvalue weighted by molar-refractivity contribution is 0.141. The molecule has 1 saturated heterocycles. The molecule has 0 amide bonds. The summed E-state index contributed by atoms with van der Waals surface area (Å²) in [6, 6.07) is 7.78. The van der Waals surface area contributed by atoms with Gasteiger partial charge in [-0.25, -0.2) is 4.98 Å². The predicted molar refractivity (Wildman–Crippen MR) is 72.7 cm³/mol. The van der Waals surface area contributed by atoms with E-state index in [1.54, 1.807) is 0 Å². The number of aliphatic hydroxyl groups excluding tert-OH is 1. The highest BCUT2D eigenvalue weighted by molar-refractivity contribution is 9.10. The molecule has 0 saturated carbocycles. The third-order valence-corrected chi connectivity index (χ3v) is 3.63. The molecule has 1 aromatic heterocycles. The van der Waals surface area contributed by atoms with Crippen molar-refractivity contribution < 1.29 is 5.11 Å². The zero-order chi connectivity index (χ0) is 12.0.